The van der Waals surface area contributed by atoms with E-state index in [2.05, 4.69) is 0 Å². The molecule has 4 aliphatic carbocycles. The number of carboxylic acid groups (broad SMARTS) is 2. The minimum Gasteiger partial charge on any atom is -0.481 e. The lowest BCUT2D eigenvalue weighted by Crippen LogP contribution is -2.18. The molecular weight excluding hydrogens is 628 g/mol. The lowest BCUT2D eigenvalue weighted by atomic mass is 9.94. The maximum absolute atomic E-state index is 11.9. The molecule has 0 aromatic carbocycles. The van der Waals surface area contributed by atoms with Crippen LogP contribution < -0.4 is 0 Å². The molecule has 0 amide bonds. The maximum Gasteiger partial charge on any atom is 0.312 e. The molecule has 0 aromatic heterocycles. The summed E-state index contributed by atoms with van der Waals surface area (Å²) in [6, 6.07) is 0. The first-order valence-corrected chi connectivity index (χ1v) is 21.2. The molecule has 0 bridgehead atoms. The highest BCUT2D eigenvalue weighted by Crippen LogP contribution is 2.52. The molecule has 0 unspecified atom stereocenters. The van der Waals surface area contributed by atoms with Gasteiger partial charge >= 0.3 is 17.9 Å². The van der Waals surface area contributed by atoms with Gasteiger partial charge in [0, 0.05) is 5.41 Å². The number of esters is 1. The van der Waals surface area contributed by atoms with Crippen LogP contribution in [0.5, 0.6) is 0 Å². The number of carboxylic acids is 2. The van der Waals surface area contributed by atoms with Gasteiger partial charge in [-0.1, -0.05) is 128 Å². The van der Waals surface area contributed by atoms with Crippen LogP contribution in [0.4, 0.5) is 0 Å². The summed E-state index contributed by atoms with van der Waals surface area (Å²) in [5, 5.41) is 18.2. The summed E-state index contributed by atoms with van der Waals surface area (Å²) in [7, 11) is 0. The smallest absolute Gasteiger partial charge is 0.312 e. The van der Waals surface area contributed by atoms with Crippen molar-refractivity contribution in [2.45, 2.75) is 219 Å². The Labute approximate surface area is 304 Å². The molecule has 4 rings (SSSR count). The highest BCUT2D eigenvalue weighted by Gasteiger charge is 2.51. The summed E-state index contributed by atoms with van der Waals surface area (Å²) >= 11 is 0. The Morgan fingerprint density at radius 3 is 0.880 bits per heavy atom. The van der Waals surface area contributed by atoms with Crippen LogP contribution in [0, 0.1) is 21.7 Å². The molecule has 0 aromatic rings. The molecular formula is C43H74O7. The van der Waals surface area contributed by atoms with Gasteiger partial charge in [0.05, 0.1) is 22.9 Å². The molecule has 4 saturated carbocycles. The van der Waals surface area contributed by atoms with Crippen LogP contribution in [0.2, 0.25) is 0 Å². The number of ether oxygens (including phenoxy) is 1. The second-order valence-corrected chi connectivity index (χ2v) is 17.1. The van der Waals surface area contributed by atoms with Gasteiger partial charge in [0.2, 0.25) is 0 Å². The standard InChI is InChI=1S/C23H40O3.C20H34O4/c1-3-26-21(25)23(18-19-23)15-13-11-9-7-5-4-6-8-10-12-14-22(16-17-22)20(2)24;21-17(22)19(13-14-19)11-9-7-5-3-1-2-4-6-8-10-12-20(15-16-20)18(23)24/h3-19H2,1-2H3;1-16H2,(H,21,22)(H,23,24). The van der Waals surface area contributed by atoms with Crippen LogP contribution in [-0.4, -0.2) is 40.5 Å². The Morgan fingerprint density at radius 1 is 0.420 bits per heavy atom. The van der Waals surface area contributed by atoms with Crippen molar-refractivity contribution in [3.05, 3.63) is 0 Å². The van der Waals surface area contributed by atoms with Gasteiger partial charge in [-0.3, -0.25) is 19.2 Å². The van der Waals surface area contributed by atoms with Crippen molar-refractivity contribution in [2.75, 3.05) is 6.61 Å². The number of carbonyl (C=O) groups is 4. The van der Waals surface area contributed by atoms with E-state index >= 15 is 0 Å². The number of ketones is 1. The number of aliphatic carboxylic acids is 2. The first kappa shape index (κ1) is 42.5. The third kappa shape index (κ3) is 15.0. The zero-order chi connectivity index (χ0) is 36.4. The van der Waals surface area contributed by atoms with Gasteiger partial charge in [0.15, 0.2) is 0 Å². The van der Waals surface area contributed by atoms with Gasteiger partial charge in [0.1, 0.15) is 5.78 Å². The van der Waals surface area contributed by atoms with E-state index < -0.39 is 11.9 Å². The number of carbonyl (C=O) groups excluding carboxylic acids is 2. The van der Waals surface area contributed by atoms with Crippen molar-refractivity contribution in [3.63, 3.8) is 0 Å². The van der Waals surface area contributed by atoms with Crippen molar-refractivity contribution in [2.24, 2.45) is 21.7 Å². The number of hydrogen-bond donors (Lipinski definition) is 2. The zero-order valence-corrected chi connectivity index (χ0v) is 32.3. The Balaban J connectivity index is 0.000000271. The molecule has 0 atom stereocenters. The van der Waals surface area contributed by atoms with Crippen LogP contribution in [0.15, 0.2) is 0 Å². The summed E-state index contributed by atoms with van der Waals surface area (Å²) in [6.45, 7) is 4.18. The van der Waals surface area contributed by atoms with E-state index in [9.17, 15) is 19.2 Å². The Bertz CT molecular complexity index is 992. The Kier molecular flexibility index (Phi) is 18.3. The second kappa shape index (κ2) is 21.6. The number of rotatable bonds is 31. The van der Waals surface area contributed by atoms with E-state index in [1.165, 1.54) is 116 Å². The predicted molar refractivity (Wildman–Crippen MR) is 200 cm³/mol. The van der Waals surface area contributed by atoms with Crippen LogP contribution in [0.25, 0.3) is 0 Å². The third-order valence-corrected chi connectivity index (χ3v) is 12.9. The monoisotopic (exact) mass is 703 g/mol. The van der Waals surface area contributed by atoms with Gasteiger partial charge in [-0.25, -0.2) is 0 Å². The quantitative estimate of drug-likeness (QED) is 0.0545. The van der Waals surface area contributed by atoms with Crippen molar-refractivity contribution in [1.29, 1.82) is 0 Å². The van der Waals surface area contributed by atoms with Crippen LogP contribution in [0.1, 0.15) is 219 Å². The van der Waals surface area contributed by atoms with Crippen LogP contribution >= 0.6 is 0 Å². The van der Waals surface area contributed by atoms with E-state index in [0.717, 1.165) is 89.9 Å². The number of hydrogen-bond acceptors (Lipinski definition) is 5. The SMILES string of the molecule is CCOC(=O)C1(CCCCCCCCCCCCC2(C(C)=O)CC2)CC1.O=C(O)C1(CCCCCCCCCCCCC2(C(=O)O)CC2)CC1. The van der Waals surface area contributed by atoms with E-state index in [1.54, 1.807) is 6.92 Å². The normalized spacial score (nSPS) is 19.5. The van der Waals surface area contributed by atoms with E-state index in [0.29, 0.717) is 12.4 Å². The molecule has 0 aliphatic heterocycles. The van der Waals surface area contributed by atoms with Gasteiger partial charge in [-0.05, 0) is 90.9 Å². The van der Waals surface area contributed by atoms with Gasteiger partial charge < -0.3 is 14.9 Å². The fraction of sp³-hybridized carbons (Fsp3) is 0.907. The number of Topliss-reactive ketones (excluding diaryl/α,β-unsaturated/α-hetero) is 1. The highest BCUT2D eigenvalue weighted by atomic mass is 16.5. The number of unbranched alkanes of at least 4 members (excludes halogenated alkanes) is 18. The molecule has 0 saturated heterocycles. The minimum atomic E-state index is -0.585. The van der Waals surface area contributed by atoms with Crippen molar-refractivity contribution in [1.82, 2.24) is 0 Å². The molecule has 7 nitrogen and oxygen atoms in total. The van der Waals surface area contributed by atoms with Crippen LogP contribution in [-0.2, 0) is 23.9 Å². The first-order chi connectivity index (χ1) is 24.1. The fourth-order valence-corrected chi connectivity index (χ4v) is 8.05. The van der Waals surface area contributed by atoms with Gasteiger partial charge in [-0.15, -0.1) is 0 Å². The fourth-order valence-electron chi connectivity index (χ4n) is 8.05. The lowest BCUT2D eigenvalue weighted by molar-refractivity contribution is -0.150. The molecule has 2 N–H and O–H groups in total. The Morgan fingerprint density at radius 2 is 0.660 bits per heavy atom. The van der Waals surface area contributed by atoms with Gasteiger partial charge in [0.25, 0.3) is 0 Å². The summed E-state index contributed by atoms with van der Waals surface area (Å²) in [5.74, 6) is -0.694. The maximum atomic E-state index is 11.9. The Hall–Kier alpha value is -1.92. The highest BCUT2D eigenvalue weighted by molar-refractivity contribution is 5.85. The van der Waals surface area contributed by atoms with Gasteiger partial charge in [-0.2, -0.15) is 0 Å². The first-order valence-electron chi connectivity index (χ1n) is 21.2. The molecule has 0 spiro atoms. The summed E-state index contributed by atoms with van der Waals surface area (Å²) in [6.07, 6.45) is 36.8. The second-order valence-electron chi connectivity index (χ2n) is 17.1. The van der Waals surface area contributed by atoms with E-state index in [-0.39, 0.29) is 27.6 Å². The molecule has 288 valence electrons. The average molecular weight is 703 g/mol. The predicted octanol–water partition coefficient (Wildman–Crippen LogP) is 11.8. The van der Waals surface area contributed by atoms with Crippen molar-refractivity contribution < 1.29 is 34.1 Å². The van der Waals surface area contributed by atoms with Crippen molar-refractivity contribution >= 4 is 23.7 Å². The molecule has 7 heteroatoms. The summed E-state index contributed by atoms with van der Waals surface area (Å²) in [5.41, 5.74) is -0.636. The topological polar surface area (TPSA) is 118 Å². The largest absolute Gasteiger partial charge is 0.481 e. The molecule has 0 heterocycles. The van der Waals surface area contributed by atoms with Crippen molar-refractivity contribution in [3.8, 4) is 0 Å². The molecule has 0 radical (unpaired) electrons. The molecule has 4 fully saturated rings. The van der Waals surface area contributed by atoms with Crippen LogP contribution in [0.3, 0.4) is 0 Å². The lowest BCUT2D eigenvalue weighted by Gasteiger charge is -2.13. The average Bonchev–Trinajstić information content (AvgIpc) is 3.89. The third-order valence-electron chi connectivity index (χ3n) is 12.9. The summed E-state index contributed by atoms with van der Waals surface area (Å²) in [4.78, 5) is 45.6. The van der Waals surface area contributed by atoms with E-state index in [4.69, 9.17) is 14.9 Å². The molecule has 50 heavy (non-hydrogen) atoms. The summed E-state index contributed by atoms with van der Waals surface area (Å²) < 4.78 is 5.20. The minimum absolute atomic E-state index is 0.0518. The molecule has 4 aliphatic rings. The zero-order valence-electron chi connectivity index (χ0n) is 32.3. The van der Waals surface area contributed by atoms with E-state index in [1.807, 2.05) is 6.92 Å².